The summed E-state index contributed by atoms with van der Waals surface area (Å²) in [6.45, 7) is 6.73. The van der Waals surface area contributed by atoms with E-state index in [2.05, 4.69) is 45.0 Å². The van der Waals surface area contributed by atoms with Crippen molar-refractivity contribution in [2.75, 3.05) is 48.4 Å². The van der Waals surface area contributed by atoms with E-state index in [1.807, 2.05) is 0 Å². The summed E-state index contributed by atoms with van der Waals surface area (Å²) in [4.78, 5) is 2.31. The standard InChI is InChI=1S/C31H51NO4/c1-22-26-19-23(11-9-7-8-10-18-32(3)4)30-25(24(26)12-14-28(22)35-20-33-5)16-17-31(2)27(30)13-15-29(31)36-21-34-6/h12,14,23,25,27,29-30H,7-11,13,15-21H2,1-6H3/t23-,25?,27?,29?,30?,31?/m1/s1. The molecule has 5 unspecified atom stereocenters. The van der Waals surface area contributed by atoms with Crippen molar-refractivity contribution in [2.45, 2.75) is 90.1 Å². The molecule has 3 aliphatic rings. The van der Waals surface area contributed by atoms with Crippen LogP contribution in [0.25, 0.3) is 0 Å². The van der Waals surface area contributed by atoms with Gasteiger partial charge in [0.25, 0.3) is 0 Å². The molecule has 0 heterocycles. The molecule has 0 spiro atoms. The van der Waals surface area contributed by atoms with Gasteiger partial charge in [0.05, 0.1) is 6.10 Å². The number of fused-ring (bicyclic) bond motifs is 5. The van der Waals surface area contributed by atoms with Crippen molar-refractivity contribution in [3.63, 3.8) is 0 Å². The molecule has 5 heteroatoms. The fraction of sp³-hybridized carbons (Fsp3) is 0.806. The third-order valence-corrected chi connectivity index (χ3v) is 9.89. The van der Waals surface area contributed by atoms with E-state index in [4.69, 9.17) is 18.9 Å². The summed E-state index contributed by atoms with van der Waals surface area (Å²) in [5.74, 6) is 3.92. The summed E-state index contributed by atoms with van der Waals surface area (Å²) in [6.07, 6.45) is 13.2. The summed E-state index contributed by atoms with van der Waals surface area (Å²) < 4.78 is 22.7. The second kappa shape index (κ2) is 12.6. The monoisotopic (exact) mass is 501 g/mol. The molecule has 3 aliphatic carbocycles. The van der Waals surface area contributed by atoms with Gasteiger partial charge >= 0.3 is 0 Å². The molecular weight excluding hydrogens is 450 g/mol. The molecule has 0 aromatic heterocycles. The first-order chi connectivity index (χ1) is 17.4. The van der Waals surface area contributed by atoms with Crippen molar-refractivity contribution in [3.8, 4) is 5.75 Å². The Morgan fingerprint density at radius 2 is 1.75 bits per heavy atom. The minimum absolute atomic E-state index is 0.276. The fourth-order valence-electron chi connectivity index (χ4n) is 8.13. The number of unbranched alkanes of at least 4 members (excludes halogenated alkanes) is 3. The third kappa shape index (κ3) is 5.80. The largest absolute Gasteiger partial charge is 0.467 e. The summed E-state index contributed by atoms with van der Waals surface area (Å²) >= 11 is 0. The minimum atomic E-state index is 0.276. The van der Waals surface area contributed by atoms with Gasteiger partial charge < -0.3 is 23.8 Å². The van der Waals surface area contributed by atoms with Gasteiger partial charge in [-0.15, -0.1) is 0 Å². The third-order valence-electron chi connectivity index (χ3n) is 9.89. The van der Waals surface area contributed by atoms with Crippen LogP contribution in [0.4, 0.5) is 0 Å². The average molecular weight is 502 g/mol. The van der Waals surface area contributed by atoms with E-state index in [1.165, 1.54) is 76.3 Å². The molecule has 0 bridgehead atoms. The van der Waals surface area contributed by atoms with Crippen LogP contribution in [0, 0.1) is 30.1 Å². The van der Waals surface area contributed by atoms with Gasteiger partial charge in [0, 0.05) is 14.2 Å². The van der Waals surface area contributed by atoms with Crippen LogP contribution in [0.2, 0.25) is 0 Å². The van der Waals surface area contributed by atoms with Crippen molar-refractivity contribution in [3.05, 3.63) is 28.8 Å². The number of ether oxygens (including phenoxy) is 4. The quantitative estimate of drug-likeness (QED) is 0.226. The molecule has 0 N–H and O–H groups in total. The van der Waals surface area contributed by atoms with E-state index in [0.29, 0.717) is 25.6 Å². The highest BCUT2D eigenvalue weighted by molar-refractivity contribution is 5.48. The molecule has 0 radical (unpaired) electrons. The van der Waals surface area contributed by atoms with Crippen LogP contribution in [-0.2, 0) is 20.6 Å². The zero-order valence-electron chi connectivity index (χ0n) is 23.8. The number of methoxy groups -OCH3 is 2. The maximum Gasteiger partial charge on any atom is 0.188 e. The van der Waals surface area contributed by atoms with Gasteiger partial charge in [-0.1, -0.05) is 32.3 Å². The van der Waals surface area contributed by atoms with Crippen molar-refractivity contribution >= 4 is 0 Å². The van der Waals surface area contributed by atoms with E-state index in [-0.39, 0.29) is 5.41 Å². The van der Waals surface area contributed by atoms with Crippen LogP contribution in [0.1, 0.15) is 87.3 Å². The summed E-state index contributed by atoms with van der Waals surface area (Å²) in [7, 11) is 7.79. The summed E-state index contributed by atoms with van der Waals surface area (Å²) in [5, 5.41) is 0. The predicted octanol–water partition coefficient (Wildman–Crippen LogP) is 6.56. The maximum atomic E-state index is 6.27. The van der Waals surface area contributed by atoms with Crippen molar-refractivity contribution < 1.29 is 18.9 Å². The van der Waals surface area contributed by atoms with Crippen LogP contribution < -0.4 is 4.74 Å². The van der Waals surface area contributed by atoms with Gasteiger partial charge in [0.15, 0.2) is 6.79 Å². The lowest BCUT2D eigenvalue weighted by Crippen LogP contribution is -2.48. The molecule has 2 fully saturated rings. The van der Waals surface area contributed by atoms with Crippen molar-refractivity contribution in [1.29, 1.82) is 0 Å². The van der Waals surface area contributed by atoms with Crippen LogP contribution >= 0.6 is 0 Å². The molecule has 204 valence electrons. The number of rotatable bonds is 13. The molecule has 1 aromatic rings. The highest BCUT2D eigenvalue weighted by Crippen LogP contribution is 2.63. The van der Waals surface area contributed by atoms with Crippen molar-refractivity contribution in [2.24, 2.45) is 23.2 Å². The molecule has 0 aliphatic heterocycles. The van der Waals surface area contributed by atoms with E-state index < -0.39 is 0 Å². The van der Waals surface area contributed by atoms with E-state index in [1.54, 1.807) is 25.3 Å². The fourth-order valence-corrected chi connectivity index (χ4v) is 8.13. The lowest BCUT2D eigenvalue weighted by Gasteiger charge is -2.54. The SMILES string of the molecule is COCOc1ccc2c(c1C)C[C@@H](CCCCCCN(C)C)C1C2CCC2(C)C(OCOC)CCC12. The lowest BCUT2D eigenvalue weighted by atomic mass is 9.51. The van der Waals surface area contributed by atoms with Gasteiger partial charge in [-0.25, -0.2) is 0 Å². The first-order valence-electron chi connectivity index (χ1n) is 14.4. The molecule has 6 atom stereocenters. The first kappa shape index (κ1) is 27.9. The molecule has 0 saturated heterocycles. The Kier molecular flexibility index (Phi) is 9.76. The van der Waals surface area contributed by atoms with E-state index in [0.717, 1.165) is 23.5 Å². The molecule has 36 heavy (non-hydrogen) atoms. The van der Waals surface area contributed by atoms with E-state index >= 15 is 0 Å². The van der Waals surface area contributed by atoms with Gasteiger partial charge in [-0.05, 0) is 124 Å². The van der Waals surface area contributed by atoms with Gasteiger partial charge in [-0.3, -0.25) is 0 Å². The molecular formula is C31H51NO4. The Balaban J connectivity index is 1.56. The normalized spacial score (nSPS) is 31.2. The lowest BCUT2D eigenvalue weighted by molar-refractivity contribution is -0.128. The zero-order chi connectivity index (χ0) is 25.7. The number of nitrogens with zero attached hydrogens (tertiary/aromatic N) is 1. The average Bonchev–Trinajstić information content (AvgIpc) is 3.20. The zero-order valence-corrected chi connectivity index (χ0v) is 23.8. The smallest absolute Gasteiger partial charge is 0.188 e. The number of benzene rings is 1. The van der Waals surface area contributed by atoms with E-state index in [9.17, 15) is 0 Å². The Hall–Kier alpha value is -1.14. The predicted molar refractivity (Wildman–Crippen MR) is 146 cm³/mol. The Labute approximate surface area is 220 Å². The van der Waals surface area contributed by atoms with Gasteiger partial charge in [-0.2, -0.15) is 0 Å². The Morgan fingerprint density at radius 3 is 2.50 bits per heavy atom. The molecule has 2 saturated carbocycles. The van der Waals surface area contributed by atoms with Gasteiger partial charge in [0.1, 0.15) is 12.5 Å². The number of hydrogen-bond acceptors (Lipinski definition) is 5. The summed E-state index contributed by atoms with van der Waals surface area (Å²) in [6, 6.07) is 4.58. The van der Waals surface area contributed by atoms with Crippen LogP contribution in [0.5, 0.6) is 5.75 Å². The molecule has 4 rings (SSSR count). The second-order valence-electron chi connectivity index (χ2n) is 12.3. The summed E-state index contributed by atoms with van der Waals surface area (Å²) in [5.41, 5.74) is 4.78. The Bertz CT molecular complexity index is 842. The highest BCUT2D eigenvalue weighted by Gasteiger charge is 2.57. The first-order valence-corrected chi connectivity index (χ1v) is 14.4. The Morgan fingerprint density at radius 1 is 0.972 bits per heavy atom. The molecule has 1 aromatic carbocycles. The van der Waals surface area contributed by atoms with Crippen LogP contribution in [0.15, 0.2) is 12.1 Å². The number of hydrogen-bond donors (Lipinski definition) is 0. The van der Waals surface area contributed by atoms with Crippen molar-refractivity contribution in [1.82, 2.24) is 4.90 Å². The van der Waals surface area contributed by atoms with Crippen LogP contribution in [0.3, 0.4) is 0 Å². The second-order valence-corrected chi connectivity index (χ2v) is 12.3. The molecule has 5 nitrogen and oxygen atoms in total. The van der Waals surface area contributed by atoms with Crippen LogP contribution in [-0.4, -0.2) is 59.4 Å². The minimum Gasteiger partial charge on any atom is -0.467 e. The van der Waals surface area contributed by atoms with Gasteiger partial charge in [0.2, 0.25) is 0 Å². The topological polar surface area (TPSA) is 40.2 Å². The molecule has 0 amide bonds. The highest BCUT2D eigenvalue weighted by atomic mass is 16.7. The maximum absolute atomic E-state index is 6.27.